The zero-order valence-electron chi connectivity index (χ0n) is 9.83. The first-order valence-corrected chi connectivity index (χ1v) is 6.52. The first-order chi connectivity index (χ1) is 8.91. The van der Waals surface area contributed by atoms with Crippen LogP contribution in [-0.4, -0.2) is 11.2 Å². The minimum absolute atomic E-state index is 0.309. The van der Waals surface area contributed by atoms with E-state index < -0.39 is 17.7 Å². The number of aromatic nitrogens is 1. The third kappa shape index (κ3) is 3.07. The molecule has 1 aromatic carbocycles. The molecule has 0 spiro atoms. The van der Waals surface area contributed by atoms with Gasteiger partial charge in [-0.2, -0.15) is 17.6 Å². The number of nitrogens with zero attached hydrogens (tertiary/aromatic N) is 1. The number of benzene rings is 1. The molecule has 0 atom stereocenters. The fourth-order valence-electron chi connectivity index (χ4n) is 1.56. The normalized spacial score (nSPS) is 11.6. The van der Waals surface area contributed by atoms with E-state index in [1.54, 1.807) is 18.4 Å². The molecule has 19 heavy (non-hydrogen) atoms. The third-order valence-corrected chi connectivity index (χ3v) is 3.29. The summed E-state index contributed by atoms with van der Waals surface area (Å²) in [6, 6.07) is 7.61. The lowest BCUT2D eigenvalue weighted by Gasteiger charge is -2.08. The van der Waals surface area contributed by atoms with Crippen LogP contribution < -0.4 is 0 Å². The number of hydrogen-bond donors (Lipinski definition) is 0. The molecule has 6 heteroatoms. The molecule has 100 valence electrons. The highest BCUT2D eigenvalue weighted by Crippen LogP contribution is 2.31. The van der Waals surface area contributed by atoms with Gasteiger partial charge >= 0.3 is 6.18 Å². The molecule has 0 aliphatic carbocycles. The van der Waals surface area contributed by atoms with Crippen molar-refractivity contribution in [2.45, 2.75) is 11.1 Å². The summed E-state index contributed by atoms with van der Waals surface area (Å²) in [6.07, 6.45) is -2.65. The Labute approximate surface area is 111 Å². The van der Waals surface area contributed by atoms with E-state index in [1.165, 1.54) is 23.9 Å². The summed E-state index contributed by atoms with van der Waals surface area (Å²) in [7, 11) is 0. The highest BCUT2D eigenvalue weighted by molar-refractivity contribution is 7.98. The van der Waals surface area contributed by atoms with Crippen molar-refractivity contribution in [1.29, 1.82) is 0 Å². The van der Waals surface area contributed by atoms with Crippen molar-refractivity contribution in [3.05, 3.63) is 47.9 Å². The van der Waals surface area contributed by atoms with E-state index in [-0.39, 0.29) is 0 Å². The van der Waals surface area contributed by atoms with E-state index in [1.807, 2.05) is 0 Å². The Morgan fingerprint density at radius 2 is 1.63 bits per heavy atom. The number of rotatable bonds is 2. The quantitative estimate of drug-likeness (QED) is 0.454. The van der Waals surface area contributed by atoms with E-state index in [9.17, 15) is 17.6 Å². The summed E-state index contributed by atoms with van der Waals surface area (Å²) in [4.78, 5) is 4.14. The van der Waals surface area contributed by atoms with Crippen LogP contribution in [0.3, 0.4) is 0 Å². The molecule has 0 aliphatic rings. The highest BCUT2D eigenvalue weighted by Gasteiger charge is 2.30. The van der Waals surface area contributed by atoms with Crippen molar-refractivity contribution in [2.75, 3.05) is 6.26 Å². The van der Waals surface area contributed by atoms with Crippen LogP contribution in [0, 0.1) is 5.95 Å². The minimum atomic E-state index is -4.38. The summed E-state index contributed by atoms with van der Waals surface area (Å²) < 4.78 is 50.7. The molecule has 0 unspecified atom stereocenters. The van der Waals surface area contributed by atoms with Crippen molar-refractivity contribution in [3.63, 3.8) is 0 Å². The van der Waals surface area contributed by atoms with Gasteiger partial charge in [-0.3, -0.25) is 0 Å². The molecule has 0 aliphatic heterocycles. The van der Waals surface area contributed by atoms with Gasteiger partial charge in [0.2, 0.25) is 5.95 Å². The molecule has 0 radical (unpaired) electrons. The molecule has 0 fully saturated rings. The first-order valence-electron chi connectivity index (χ1n) is 5.30. The van der Waals surface area contributed by atoms with Gasteiger partial charge in [0.05, 0.1) is 16.2 Å². The Morgan fingerprint density at radius 3 is 2.11 bits per heavy atom. The van der Waals surface area contributed by atoms with Crippen LogP contribution in [0.25, 0.3) is 11.3 Å². The molecule has 2 aromatic rings. The Hall–Kier alpha value is -1.56. The largest absolute Gasteiger partial charge is 0.416 e. The van der Waals surface area contributed by atoms with Gasteiger partial charge in [-0.05, 0) is 30.5 Å². The summed E-state index contributed by atoms with van der Waals surface area (Å²) in [6.45, 7) is 0. The van der Waals surface area contributed by atoms with Crippen molar-refractivity contribution in [1.82, 2.24) is 4.98 Å². The second-order valence-corrected chi connectivity index (χ2v) is 4.61. The van der Waals surface area contributed by atoms with E-state index >= 15 is 0 Å². The predicted molar refractivity (Wildman–Crippen MR) is 66.4 cm³/mol. The van der Waals surface area contributed by atoms with Crippen LogP contribution >= 0.6 is 11.8 Å². The maximum Gasteiger partial charge on any atom is 0.416 e. The van der Waals surface area contributed by atoms with Crippen molar-refractivity contribution >= 4 is 11.8 Å². The van der Waals surface area contributed by atoms with Crippen LogP contribution in [0.1, 0.15) is 5.56 Å². The van der Waals surface area contributed by atoms with Gasteiger partial charge in [-0.25, -0.2) is 4.98 Å². The Kier molecular flexibility index (Phi) is 3.80. The molecule has 0 saturated heterocycles. The van der Waals surface area contributed by atoms with Crippen LogP contribution in [-0.2, 0) is 6.18 Å². The number of pyridine rings is 1. The van der Waals surface area contributed by atoms with Gasteiger partial charge in [-0.1, -0.05) is 12.1 Å². The molecule has 2 rings (SSSR count). The van der Waals surface area contributed by atoms with Crippen LogP contribution in [0.2, 0.25) is 0 Å². The molecule has 0 saturated carbocycles. The third-order valence-electron chi connectivity index (χ3n) is 2.54. The number of hydrogen-bond acceptors (Lipinski definition) is 2. The van der Waals surface area contributed by atoms with Crippen LogP contribution in [0.4, 0.5) is 17.6 Å². The molecule has 1 heterocycles. The molecular weight excluding hydrogens is 278 g/mol. The van der Waals surface area contributed by atoms with Gasteiger partial charge < -0.3 is 0 Å². The van der Waals surface area contributed by atoms with Gasteiger partial charge in [0.15, 0.2) is 0 Å². The maximum absolute atomic E-state index is 13.5. The van der Waals surface area contributed by atoms with Crippen LogP contribution in [0.5, 0.6) is 0 Å². The minimum Gasteiger partial charge on any atom is -0.219 e. The summed E-state index contributed by atoms with van der Waals surface area (Å²) in [5.41, 5.74) is 0.0148. The lowest BCUT2D eigenvalue weighted by molar-refractivity contribution is -0.137. The zero-order valence-corrected chi connectivity index (χ0v) is 10.6. The monoisotopic (exact) mass is 287 g/mol. The molecular formula is C13H9F4NS. The summed E-state index contributed by atoms with van der Waals surface area (Å²) in [5.74, 6) is -0.620. The fourth-order valence-corrected chi connectivity index (χ4v) is 1.98. The van der Waals surface area contributed by atoms with Crippen LogP contribution in [0.15, 0.2) is 41.3 Å². The van der Waals surface area contributed by atoms with Gasteiger partial charge in [-0.15, -0.1) is 11.8 Å². The lowest BCUT2D eigenvalue weighted by Crippen LogP contribution is -2.04. The first kappa shape index (κ1) is 13.9. The van der Waals surface area contributed by atoms with Crippen molar-refractivity contribution in [2.24, 2.45) is 0 Å². The van der Waals surface area contributed by atoms with E-state index in [4.69, 9.17) is 0 Å². The molecule has 1 nitrogen and oxygen atoms in total. The van der Waals surface area contributed by atoms with Gasteiger partial charge in [0.25, 0.3) is 0 Å². The second kappa shape index (κ2) is 5.21. The Morgan fingerprint density at radius 1 is 1.00 bits per heavy atom. The average molecular weight is 287 g/mol. The highest BCUT2D eigenvalue weighted by atomic mass is 32.2. The Bertz CT molecular complexity index is 578. The maximum atomic E-state index is 13.5. The SMILES string of the molecule is CSc1ccc(-c2ccc(C(F)(F)F)cc2)nc1F. The second-order valence-electron chi connectivity index (χ2n) is 3.76. The molecule has 0 bridgehead atoms. The van der Waals surface area contributed by atoms with E-state index in [0.717, 1.165) is 12.1 Å². The van der Waals surface area contributed by atoms with E-state index in [2.05, 4.69) is 4.98 Å². The van der Waals surface area contributed by atoms with Crippen molar-refractivity contribution in [3.8, 4) is 11.3 Å². The smallest absolute Gasteiger partial charge is 0.219 e. The summed E-state index contributed by atoms with van der Waals surface area (Å²) in [5, 5.41) is 0. The lowest BCUT2D eigenvalue weighted by atomic mass is 10.1. The fraction of sp³-hybridized carbons (Fsp3) is 0.154. The zero-order chi connectivity index (χ0) is 14.0. The number of thioether (sulfide) groups is 1. The van der Waals surface area contributed by atoms with Crippen molar-refractivity contribution < 1.29 is 17.6 Å². The van der Waals surface area contributed by atoms with Gasteiger partial charge in [0, 0.05) is 5.56 Å². The molecule has 1 aromatic heterocycles. The average Bonchev–Trinajstić information content (AvgIpc) is 2.38. The number of halogens is 4. The van der Waals surface area contributed by atoms with E-state index in [0.29, 0.717) is 16.2 Å². The topological polar surface area (TPSA) is 12.9 Å². The molecule has 0 N–H and O–H groups in total. The van der Waals surface area contributed by atoms with Gasteiger partial charge in [0.1, 0.15) is 0 Å². The standard InChI is InChI=1S/C13H9F4NS/c1-19-11-7-6-10(18-12(11)14)8-2-4-9(5-3-8)13(15,16)17/h2-7H,1H3. The molecule has 0 amide bonds. The predicted octanol–water partition coefficient (Wildman–Crippen LogP) is 4.63. The number of alkyl halides is 3. The summed E-state index contributed by atoms with van der Waals surface area (Å²) >= 11 is 1.22. The Balaban J connectivity index is 2.35.